The van der Waals surface area contributed by atoms with Crippen molar-refractivity contribution < 1.29 is 22.4 Å². The lowest BCUT2D eigenvalue weighted by molar-refractivity contribution is -0.137. The topological polar surface area (TPSA) is 45.8 Å². The Kier molecular flexibility index (Phi) is 6.28. The van der Waals surface area contributed by atoms with Crippen LogP contribution in [0.5, 0.6) is 0 Å². The average Bonchev–Trinajstić information content (AvgIpc) is 3.45. The van der Waals surface area contributed by atoms with Gasteiger partial charge in [-0.15, -0.1) is 6.58 Å². The first-order chi connectivity index (χ1) is 17.3. The molecule has 0 saturated carbocycles. The summed E-state index contributed by atoms with van der Waals surface area (Å²) in [5.74, 6) is 0.370. The van der Waals surface area contributed by atoms with Crippen molar-refractivity contribution in [3.63, 3.8) is 0 Å². The molecule has 0 atom stereocenters. The van der Waals surface area contributed by atoms with Crippen LogP contribution in [0.15, 0.2) is 106 Å². The summed E-state index contributed by atoms with van der Waals surface area (Å²) in [6.07, 6.45) is -1.25. The molecule has 1 aliphatic heterocycles. The lowest BCUT2D eigenvalue weighted by Gasteiger charge is -2.13. The van der Waals surface area contributed by atoms with Gasteiger partial charge in [0.15, 0.2) is 5.17 Å². The van der Waals surface area contributed by atoms with Crippen LogP contribution in [-0.4, -0.2) is 22.5 Å². The number of benzene rings is 3. The van der Waals surface area contributed by atoms with Crippen LogP contribution >= 0.6 is 11.8 Å². The lowest BCUT2D eigenvalue weighted by atomic mass is 10.1. The predicted molar refractivity (Wildman–Crippen MR) is 138 cm³/mol. The molecule has 4 aromatic rings. The molecule has 1 amide bonds. The molecule has 180 valence electrons. The number of rotatable bonds is 5. The smallest absolute Gasteiger partial charge is 0.416 e. The molecular weight excluding hydrogens is 485 g/mol. The van der Waals surface area contributed by atoms with Crippen molar-refractivity contribution in [2.24, 2.45) is 4.99 Å². The minimum absolute atomic E-state index is 0.254. The fourth-order valence-electron chi connectivity index (χ4n) is 3.85. The maximum Gasteiger partial charge on any atom is 0.416 e. The molecule has 0 unspecified atom stereocenters. The Hall–Kier alpha value is -4.04. The molecule has 2 heterocycles. The number of halogens is 3. The molecule has 5 rings (SSSR count). The van der Waals surface area contributed by atoms with Crippen molar-refractivity contribution in [2.75, 3.05) is 6.54 Å². The van der Waals surface area contributed by atoms with Gasteiger partial charge in [0, 0.05) is 23.6 Å². The number of furan rings is 1. The summed E-state index contributed by atoms with van der Waals surface area (Å²) >= 11 is 1.21. The van der Waals surface area contributed by atoms with Gasteiger partial charge in [0.25, 0.3) is 5.91 Å². The van der Waals surface area contributed by atoms with Gasteiger partial charge in [-0.05, 0) is 47.5 Å². The molecule has 0 N–H and O–H groups in total. The number of amides is 1. The first kappa shape index (κ1) is 23.7. The monoisotopic (exact) mass is 504 g/mol. The Morgan fingerprint density at radius 1 is 1.00 bits per heavy atom. The fraction of sp³-hybridized carbons (Fsp3) is 0.0714. The van der Waals surface area contributed by atoms with E-state index in [2.05, 4.69) is 6.58 Å². The summed E-state index contributed by atoms with van der Waals surface area (Å²) in [6, 6.07) is 21.8. The van der Waals surface area contributed by atoms with E-state index >= 15 is 0 Å². The van der Waals surface area contributed by atoms with E-state index in [4.69, 9.17) is 9.41 Å². The van der Waals surface area contributed by atoms with E-state index in [-0.39, 0.29) is 18.2 Å². The van der Waals surface area contributed by atoms with Crippen LogP contribution in [0.2, 0.25) is 0 Å². The van der Waals surface area contributed by atoms with Crippen molar-refractivity contribution in [2.45, 2.75) is 6.18 Å². The van der Waals surface area contributed by atoms with Crippen LogP contribution in [0, 0.1) is 0 Å². The third kappa shape index (κ3) is 4.72. The van der Waals surface area contributed by atoms with E-state index in [0.29, 0.717) is 21.4 Å². The second kappa shape index (κ2) is 9.54. The van der Waals surface area contributed by atoms with Crippen molar-refractivity contribution in [3.05, 3.63) is 108 Å². The molecule has 4 nitrogen and oxygen atoms in total. The first-order valence-electron chi connectivity index (χ1n) is 11.0. The summed E-state index contributed by atoms with van der Waals surface area (Å²) in [7, 11) is 0. The highest BCUT2D eigenvalue weighted by molar-refractivity contribution is 8.18. The molecule has 0 aliphatic carbocycles. The van der Waals surface area contributed by atoms with Crippen LogP contribution in [0.4, 0.5) is 18.9 Å². The normalized spacial score (nSPS) is 16.4. The lowest BCUT2D eigenvalue weighted by Crippen LogP contribution is -2.29. The van der Waals surface area contributed by atoms with Crippen LogP contribution in [0.25, 0.3) is 28.2 Å². The summed E-state index contributed by atoms with van der Waals surface area (Å²) in [6.45, 7) is 4.02. The van der Waals surface area contributed by atoms with Gasteiger partial charge < -0.3 is 4.42 Å². The number of alkyl halides is 3. The Labute approximate surface area is 209 Å². The molecule has 36 heavy (non-hydrogen) atoms. The number of hydrogen-bond donors (Lipinski definition) is 0. The van der Waals surface area contributed by atoms with Gasteiger partial charge in [-0.1, -0.05) is 54.6 Å². The molecule has 1 fully saturated rings. The van der Waals surface area contributed by atoms with E-state index < -0.39 is 11.7 Å². The first-order valence-corrected chi connectivity index (χ1v) is 11.8. The SMILES string of the molecule is C=CCN1C(=O)/C(=C/c2ccc(-c3cccc(C(F)(F)F)c3)o2)SC1=Nc1cccc2ccccc12. The fourth-order valence-corrected chi connectivity index (χ4v) is 4.83. The highest BCUT2D eigenvalue weighted by Crippen LogP contribution is 2.37. The molecule has 0 radical (unpaired) electrons. The number of nitrogens with zero attached hydrogens (tertiary/aromatic N) is 2. The minimum Gasteiger partial charge on any atom is -0.457 e. The quantitative estimate of drug-likeness (QED) is 0.205. The number of carbonyl (C=O) groups is 1. The molecule has 1 aromatic heterocycles. The maximum absolute atomic E-state index is 13.1. The highest BCUT2D eigenvalue weighted by Gasteiger charge is 2.33. The molecule has 3 aromatic carbocycles. The Morgan fingerprint density at radius 3 is 2.58 bits per heavy atom. The molecule has 0 bridgehead atoms. The van der Waals surface area contributed by atoms with Crippen molar-refractivity contribution in [1.29, 1.82) is 0 Å². The standard InChI is InChI=1S/C28H19F3N2O2S/c1-2-15-33-26(34)25(36-27(33)32-23-12-6-8-18-7-3-4-11-22(18)23)17-21-13-14-24(35-21)19-9-5-10-20(16-19)28(29,30)31/h2-14,16-17H,1,15H2/b25-17-,32-27?. The summed E-state index contributed by atoms with van der Waals surface area (Å²) in [5.41, 5.74) is 0.280. The zero-order valence-corrected chi connectivity index (χ0v) is 19.6. The Morgan fingerprint density at radius 2 is 1.78 bits per heavy atom. The molecule has 1 aliphatic rings. The number of thioether (sulfide) groups is 1. The van der Waals surface area contributed by atoms with Crippen LogP contribution < -0.4 is 0 Å². The number of fused-ring (bicyclic) bond motifs is 1. The van der Waals surface area contributed by atoms with Gasteiger partial charge in [0.2, 0.25) is 0 Å². The highest BCUT2D eigenvalue weighted by atomic mass is 32.2. The van der Waals surface area contributed by atoms with Gasteiger partial charge in [-0.2, -0.15) is 13.2 Å². The zero-order chi connectivity index (χ0) is 25.3. The summed E-state index contributed by atoms with van der Waals surface area (Å²) < 4.78 is 45.0. The molecule has 0 spiro atoms. The predicted octanol–water partition coefficient (Wildman–Crippen LogP) is 7.91. The van der Waals surface area contributed by atoms with Crippen molar-refractivity contribution >= 4 is 45.4 Å². The largest absolute Gasteiger partial charge is 0.457 e. The van der Waals surface area contributed by atoms with Gasteiger partial charge >= 0.3 is 6.18 Å². The second-order valence-corrected chi connectivity index (χ2v) is 9.00. The van der Waals surface area contributed by atoms with Gasteiger partial charge in [-0.3, -0.25) is 9.69 Å². The minimum atomic E-state index is -4.45. The van der Waals surface area contributed by atoms with E-state index in [0.717, 1.165) is 28.6 Å². The molecule has 8 heteroatoms. The van der Waals surface area contributed by atoms with Crippen molar-refractivity contribution in [1.82, 2.24) is 4.90 Å². The van der Waals surface area contributed by atoms with Crippen LogP contribution in [-0.2, 0) is 11.0 Å². The molecule has 1 saturated heterocycles. The number of hydrogen-bond acceptors (Lipinski definition) is 4. The van der Waals surface area contributed by atoms with Gasteiger partial charge in [0.05, 0.1) is 16.2 Å². The van der Waals surface area contributed by atoms with E-state index in [1.54, 1.807) is 30.4 Å². The van der Waals surface area contributed by atoms with Crippen molar-refractivity contribution in [3.8, 4) is 11.3 Å². The van der Waals surface area contributed by atoms with Crippen LogP contribution in [0.3, 0.4) is 0 Å². The third-order valence-electron chi connectivity index (χ3n) is 5.56. The summed E-state index contributed by atoms with van der Waals surface area (Å²) in [5, 5.41) is 2.51. The zero-order valence-electron chi connectivity index (χ0n) is 18.8. The maximum atomic E-state index is 13.1. The molecular formula is C28H19F3N2O2S. The second-order valence-electron chi connectivity index (χ2n) is 7.99. The van der Waals surface area contributed by atoms with E-state index in [1.807, 2.05) is 42.5 Å². The van der Waals surface area contributed by atoms with Crippen LogP contribution in [0.1, 0.15) is 11.3 Å². The van der Waals surface area contributed by atoms with E-state index in [1.165, 1.54) is 22.7 Å². The number of aliphatic imine (C=N–C) groups is 1. The Balaban J connectivity index is 1.47. The number of amidine groups is 1. The summed E-state index contributed by atoms with van der Waals surface area (Å²) in [4.78, 5) is 19.8. The van der Waals surface area contributed by atoms with Gasteiger partial charge in [-0.25, -0.2) is 4.99 Å². The van der Waals surface area contributed by atoms with Gasteiger partial charge in [0.1, 0.15) is 11.5 Å². The Bertz CT molecular complexity index is 1530. The average molecular weight is 505 g/mol. The number of carbonyl (C=O) groups excluding carboxylic acids is 1. The third-order valence-corrected chi connectivity index (χ3v) is 6.56. The van der Waals surface area contributed by atoms with E-state index in [9.17, 15) is 18.0 Å².